The fourth-order valence-corrected chi connectivity index (χ4v) is 1.99. The van der Waals surface area contributed by atoms with Crippen molar-refractivity contribution in [1.29, 1.82) is 0 Å². The lowest BCUT2D eigenvalue weighted by atomic mass is 10.1. The highest BCUT2D eigenvalue weighted by atomic mass is 35.5. The second kappa shape index (κ2) is 5.84. The fraction of sp³-hybridized carbons (Fsp3) is 0.308. The molecule has 0 amide bonds. The molecule has 19 heavy (non-hydrogen) atoms. The van der Waals surface area contributed by atoms with Crippen LogP contribution in [0, 0.1) is 0 Å². The zero-order valence-electron chi connectivity index (χ0n) is 10.5. The van der Waals surface area contributed by atoms with Crippen molar-refractivity contribution in [3.05, 3.63) is 46.2 Å². The Kier molecular flexibility index (Phi) is 4.16. The van der Waals surface area contributed by atoms with Gasteiger partial charge in [0.1, 0.15) is 0 Å². The molecule has 5 nitrogen and oxygen atoms in total. The molecule has 6 heteroatoms. The first-order valence-electron chi connectivity index (χ1n) is 6.02. The topological polar surface area (TPSA) is 68.0 Å². The van der Waals surface area contributed by atoms with Gasteiger partial charge in [0.25, 0.3) is 0 Å². The molecule has 0 unspecified atom stereocenters. The van der Waals surface area contributed by atoms with Crippen LogP contribution in [0.15, 0.2) is 24.3 Å². The predicted octanol–water partition coefficient (Wildman–Crippen LogP) is 2.63. The molecule has 0 atom stereocenters. The second-order valence-corrected chi connectivity index (χ2v) is 4.65. The third-order valence-electron chi connectivity index (χ3n) is 2.76. The first-order valence-corrected chi connectivity index (χ1v) is 6.39. The highest BCUT2D eigenvalue weighted by molar-refractivity contribution is 6.30. The summed E-state index contributed by atoms with van der Waals surface area (Å²) in [5.41, 5.74) is 1.62. The van der Waals surface area contributed by atoms with Crippen molar-refractivity contribution < 1.29 is 9.90 Å². The maximum absolute atomic E-state index is 11.1. The Morgan fingerprint density at radius 1 is 1.37 bits per heavy atom. The van der Waals surface area contributed by atoms with Crippen molar-refractivity contribution in [2.24, 2.45) is 0 Å². The zero-order chi connectivity index (χ0) is 13.8. The van der Waals surface area contributed by atoms with E-state index in [1.807, 2.05) is 19.1 Å². The molecule has 0 saturated heterocycles. The SMILES string of the molecule is CCCn1nnc(C(=O)O)c1Cc1ccc(Cl)cc1. The van der Waals surface area contributed by atoms with Crippen LogP contribution in [0.25, 0.3) is 0 Å². The number of nitrogens with zero attached hydrogens (tertiary/aromatic N) is 3. The van der Waals surface area contributed by atoms with Crippen LogP contribution < -0.4 is 0 Å². The Morgan fingerprint density at radius 3 is 2.63 bits per heavy atom. The van der Waals surface area contributed by atoms with Crippen LogP contribution in [0.2, 0.25) is 5.02 Å². The fourth-order valence-electron chi connectivity index (χ4n) is 1.86. The van der Waals surface area contributed by atoms with E-state index >= 15 is 0 Å². The van der Waals surface area contributed by atoms with Crippen LogP contribution in [0.3, 0.4) is 0 Å². The largest absolute Gasteiger partial charge is 0.476 e. The molecule has 0 spiro atoms. The number of carboxylic acid groups (broad SMARTS) is 1. The quantitative estimate of drug-likeness (QED) is 0.913. The van der Waals surface area contributed by atoms with Crippen molar-refractivity contribution in [3.63, 3.8) is 0 Å². The average Bonchev–Trinajstić information content (AvgIpc) is 2.76. The van der Waals surface area contributed by atoms with E-state index in [-0.39, 0.29) is 5.69 Å². The van der Waals surface area contributed by atoms with Gasteiger partial charge in [-0.05, 0) is 24.1 Å². The number of aromatic carboxylic acids is 1. The lowest BCUT2D eigenvalue weighted by molar-refractivity contribution is 0.0689. The molecule has 0 bridgehead atoms. The number of hydrogen-bond acceptors (Lipinski definition) is 3. The summed E-state index contributed by atoms with van der Waals surface area (Å²) in [4.78, 5) is 11.1. The number of carbonyl (C=O) groups is 1. The Balaban J connectivity index is 2.33. The van der Waals surface area contributed by atoms with Crippen LogP contribution >= 0.6 is 11.6 Å². The number of aryl methyl sites for hydroxylation is 1. The number of carboxylic acids is 1. The molecule has 100 valence electrons. The Labute approximate surface area is 115 Å². The minimum absolute atomic E-state index is 0.0170. The summed E-state index contributed by atoms with van der Waals surface area (Å²) >= 11 is 5.83. The van der Waals surface area contributed by atoms with Crippen molar-refractivity contribution in [3.8, 4) is 0 Å². The summed E-state index contributed by atoms with van der Waals surface area (Å²) in [6, 6.07) is 7.31. The van der Waals surface area contributed by atoms with Crippen molar-refractivity contribution in [1.82, 2.24) is 15.0 Å². The molecule has 0 aliphatic heterocycles. The molecule has 0 aliphatic rings. The summed E-state index contributed by atoms with van der Waals surface area (Å²) in [7, 11) is 0. The van der Waals surface area contributed by atoms with E-state index in [0.29, 0.717) is 23.7 Å². The Morgan fingerprint density at radius 2 is 2.05 bits per heavy atom. The van der Waals surface area contributed by atoms with Gasteiger partial charge in [-0.25, -0.2) is 9.48 Å². The minimum atomic E-state index is -1.05. The first-order chi connectivity index (χ1) is 9.11. The zero-order valence-corrected chi connectivity index (χ0v) is 11.3. The van der Waals surface area contributed by atoms with Gasteiger partial charge < -0.3 is 5.11 Å². The smallest absolute Gasteiger partial charge is 0.358 e. The molecule has 1 aromatic heterocycles. The van der Waals surface area contributed by atoms with Gasteiger partial charge in [0.15, 0.2) is 5.69 Å². The van der Waals surface area contributed by atoms with Crippen LogP contribution in [-0.4, -0.2) is 26.1 Å². The van der Waals surface area contributed by atoms with E-state index in [0.717, 1.165) is 12.0 Å². The molecule has 0 radical (unpaired) electrons. The summed E-state index contributed by atoms with van der Waals surface area (Å²) in [5, 5.41) is 17.4. The highest BCUT2D eigenvalue weighted by Gasteiger charge is 2.18. The molecule has 0 saturated carbocycles. The molecule has 0 aliphatic carbocycles. The Bertz CT molecular complexity index is 578. The lowest BCUT2D eigenvalue weighted by Gasteiger charge is -2.06. The number of rotatable bonds is 5. The van der Waals surface area contributed by atoms with E-state index in [9.17, 15) is 4.79 Å². The van der Waals surface area contributed by atoms with Gasteiger partial charge in [0, 0.05) is 18.0 Å². The van der Waals surface area contributed by atoms with Gasteiger partial charge >= 0.3 is 5.97 Å². The average molecular weight is 280 g/mol. The first kappa shape index (κ1) is 13.5. The summed E-state index contributed by atoms with van der Waals surface area (Å²) in [5.74, 6) is -1.05. The number of halogens is 1. The molecular weight excluding hydrogens is 266 g/mol. The summed E-state index contributed by atoms with van der Waals surface area (Å²) < 4.78 is 1.65. The van der Waals surface area contributed by atoms with Gasteiger partial charge in [0.2, 0.25) is 0 Å². The molecule has 2 aromatic rings. The number of hydrogen-bond donors (Lipinski definition) is 1. The van der Waals surface area contributed by atoms with Crippen LogP contribution in [0.1, 0.15) is 35.1 Å². The van der Waals surface area contributed by atoms with Crippen LogP contribution in [-0.2, 0) is 13.0 Å². The van der Waals surface area contributed by atoms with E-state index in [1.54, 1.807) is 16.8 Å². The van der Waals surface area contributed by atoms with E-state index < -0.39 is 5.97 Å². The van der Waals surface area contributed by atoms with Gasteiger partial charge in [-0.15, -0.1) is 5.10 Å². The van der Waals surface area contributed by atoms with Gasteiger partial charge in [-0.2, -0.15) is 0 Å². The lowest BCUT2D eigenvalue weighted by Crippen LogP contribution is -2.09. The summed E-state index contributed by atoms with van der Waals surface area (Å²) in [6.45, 7) is 2.66. The predicted molar refractivity (Wildman–Crippen MR) is 71.5 cm³/mol. The maximum Gasteiger partial charge on any atom is 0.358 e. The standard InChI is InChI=1S/C13H14ClN3O2/c1-2-7-17-11(12(13(18)19)15-16-17)8-9-3-5-10(14)6-4-9/h3-6H,2,7-8H2,1H3,(H,18,19). The van der Waals surface area contributed by atoms with Crippen molar-refractivity contribution in [2.75, 3.05) is 0 Å². The molecule has 1 heterocycles. The third kappa shape index (κ3) is 3.12. The highest BCUT2D eigenvalue weighted by Crippen LogP contribution is 2.16. The summed E-state index contributed by atoms with van der Waals surface area (Å²) in [6.07, 6.45) is 1.35. The number of aromatic nitrogens is 3. The van der Waals surface area contributed by atoms with E-state index in [1.165, 1.54) is 0 Å². The third-order valence-corrected chi connectivity index (χ3v) is 3.01. The van der Waals surface area contributed by atoms with Gasteiger partial charge in [-0.3, -0.25) is 0 Å². The molecular formula is C13H14ClN3O2. The van der Waals surface area contributed by atoms with E-state index in [2.05, 4.69) is 10.3 Å². The normalized spacial score (nSPS) is 10.6. The maximum atomic E-state index is 11.1. The molecule has 1 aromatic carbocycles. The Hall–Kier alpha value is -1.88. The van der Waals surface area contributed by atoms with Gasteiger partial charge in [-0.1, -0.05) is 35.9 Å². The van der Waals surface area contributed by atoms with Crippen molar-refractivity contribution >= 4 is 17.6 Å². The number of benzene rings is 1. The van der Waals surface area contributed by atoms with Crippen molar-refractivity contribution in [2.45, 2.75) is 26.3 Å². The van der Waals surface area contributed by atoms with Crippen LogP contribution in [0.4, 0.5) is 0 Å². The molecule has 2 rings (SSSR count). The van der Waals surface area contributed by atoms with E-state index in [4.69, 9.17) is 16.7 Å². The second-order valence-electron chi connectivity index (χ2n) is 4.22. The van der Waals surface area contributed by atoms with Gasteiger partial charge in [0.05, 0.1) is 5.69 Å². The molecule has 1 N–H and O–H groups in total. The minimum Gasteiger partial charge on any atom is -0.476 e. The molecule has 0 fully saturated rings. The monoisotopic (exact) mass is 279 g/mol. The van der Waals surface area contributed by atoms with Crippen LogP contribution in [0.5, 0.6) is 0 Å².